The SMILES string of the molecule is CC(C)c1noc(CN2C[C@H]3CC[C@@H]2CN(Cc2ccc(F)cc2)C3)n1. The molecule has 5 nitrogen and oxygen atoms in total. The average Bonchev–Trinajstić information content (AvgIpc) is 2.92. The molecule has 0 saturated carbocycles. The summed E-state index contributed by atoms with van der Waals surface area (Å²) in [6, 6.07) is 7.41. The first-order valence-corrected chi connectivity index (χ1v) is 9.60. The van der Waals surface area contributed by atoms with Crippen molar-refractivity contribution in [3.8, 4) is 0 Å². The van der Waals surface area contributed by atoms with Crippen molar-refractivity contribution in [2.75, 3.05) is 19.6 Å². The maximum absolute atomic E-state index is 13.1. The second-order valence-electron chi connectivity index (χ2n) is 8.05. The maximum atomic E-state index is 13.1. The van der Waals surface area contributed by atoms with E-state index < -0.39 is 0 Å². The van der Waals surface area contributed by atoms with Crippen LogP contribution < -0.4 is 0 Å². The zero-order valence-corrected chi connectivity index (χ0v) is 15.6. The van der Waals surface area contributed by atoms with Gasteiger partial charge in [-0.3, -0.25) is 9.80 Å². The van der Waals surface area contributed by atoms with Gasteiger partial charge in [-0.2, -0.15) is 4.98 Å². The molecule has 0 radical (unpaired) electrons. The lowest BCUT2D eigenvalue weighted by Gasteiger charge is -2.35. The van der Waals surface area contributed by atoms with Crippen molar-refractivity contribution < 1.29 is 8.91 Å². The summed E-state index contributed by atoms with van der Waals surface area (Å²) in [4.78, 5) is 9.57. The second kappa shape index (κ2) is 7.45. The van der Waals surface area contributed by atoms with Crippen LogP contribution in [-0.4, -0.2) is 45.6 Å². The Hall–Kier alpha value is -1.79. The molecular formula is C20H27FN4O. The first-order chi connectivity index (χ1) is 12.6. The molecule has 0 amide bonds. The van der Waals surface area contributed by atoms with E-state index in [0.717, 1.165) is 44.4 Å². The van der Waals surface area contributed by atoms with Crippen LogP contribution in [0.2, 0.25) is 0 Å². The summed E-state index contributed by atoms with van der Waals surface area (Å²) < 4.78 is 18.6. The Morgan fingerprint density at radius 2 is 1.92 bits per heavy atom. The predicted molar refractivity (Wildman–Crippen MR) is 97.0 cm³/mol. The zero-order chi connectivity index (χ0) is 18.1. The molecule has 26 heavy (non-hydrogen) atoms. The Labute approximate surface area is 154 Å². The van der Waals surface area contributed by atoms with Crippen molar-refractivity contribution in [1.82, 2.24) is 19.9 Å². The Morgan fingerprint density at radius 1 is 1.12 bits per heavy atom. The molecule has 2 bridgehead atoms. The molecule has 0 aliphatic carbocycles. The molecule has 140 valence electrons. The van der Waals surface area contributed by atoms with Crippen molar-refractivity contribution in [1.29, 1.82) is 0 Å². The summed E-state index contributed by atoms with van der Waals surface area (Å²) in [5.74, 6) is 2.31. The zero-order valence-electron chi connectivity index (χ0n) is 15.6. The molecule has 3 saturated heterocycles. The van der Waals surface area contributed by atoms with Crippen molar-refractivity contribution in [2.24, 2.45) is 5.92 Å². The van der Waals surface area contributed by atoms with E-state index in [1.165, 1.54) is 18.4 Å². The summed E-state index contributed by atoms with van der Waals surface area (Å²) >= 11 is 0. The minimum absolute atomic E-state index is 0.170. The van der Waals surface area contributed by atoms with E-state index >= 15 is 0 Å². The fourth-order valence-corrected chi connectivity index (χ4v) is 4.19. The highest BCUT2D eigenvalue weighted by molar-refractivity contribution is 5.16. The van der Waals surface area contributed by atoms with E-state index in [9.17, 15) is 4.39 Å². The van der Waals surface area contributed by atoms with E-state index in [0.29, 0.717) is 17.9 Å². The third kappa shape index (κ3) is 3.96. The number of halogens is 1. The van der Waals surface area contributed by atoms with Crippen molar-refractivity contribution in [2.45, 2.75) is 51.7 Å². The van der Waals surface area contributed by atoms with E-state index in [2.05, 4.69) is 33.8 Å². The summed E-state index contributed by atoms with van der Waals surface area (Å²) in [5, 5.41) is 4.09. The Balaban J connectivity index is 1.41. The molecule has 0 N–H and O–H groups in total. The third-order valence-electron chi connectivity index (χ3n) is 5.56. The van der Waals surface area contributed by atoms with E-state index in [1.54, 1.807) is 12.1 Å². The van der Waals surface area contributed by atoms with Crippen LogP contribution in [0.5, 0.6) is 0 Å². The standard InChI is InChI=1S/C20H27FN4O/c1-14(2)20-22-19(26-23-20)13-25-11-16-5-8-18(25)12-24(10-16)9-15-3-6-17(21)7-4-15/h3-4,6-7,14,16,18H,5,8-13H2,1-2H3/t16-,18+/m0/s1. The molecule has 5 rings (SSSR count). The minimum Gasteiger partial charge on any atom is -0.338 e. The van der Waals surface area contributed by atoms with Crippen LogP contribution in [0.15, 0.2) is 28.8 Å². The third-order valence-corrected chi connectivity index (χ3v) is 5.56. The summed E-state index contributed by atoms with van der Waals surface area (Å²) in [5.41, 5.74) is 1.18. The van der Waals surface area contributed by atoms with Gasteiger partial charge in [-0.25, -0.2) is 4.39 Å². The molecule has 0 spiro atoms. The number of piperidine rings is 1. The lowest BCUT2D eigenvalue weighted by atomic mass is 9.95. The molecule has 3 aliphatic rings. The smallest absolute Gasteiger partial charge is 0.240 e. The number of fused-ring (bicyclic) bond motifs is 4. The topological polar surface area (TPSA) is 45.4 Å². The molecule has 0 unspecified atom stereocenters. The van der Waals surface area contributed by atoms with Gasteiger partial charge < -0.3 is 4.52 Å². The molecule has 2 aromatic rings. The van der Waals surface area contributed by atoms with Gasteiger partial charge in [0.1, 0.15) is 5.82 Å². The normalized spacial score (nSPS) is 24.3. The van der Waals surface area contributed by atoms with Gasteiger partial charge in [0.25, 0.3) is 0 Å². The number of rotatable bonds is 5. The highest BCUT2D eigenvalue weighted by Gasteiger charge is 2.35. The number of nitrogens with zero attached hydrogens (tertiary/aromatic N) is 4. The maximum Gasteiger partial charge on any atom is 0.240 e. The van der Waals surface area contributed by atoms with Gasteiger partial charge >= 0.3 is 0 Å². The lowest BCUT2D eigenvalue weighted by molar-refractivity contribution is 0.109. The fraction of sp³-hybridized carbons (Fsp3) is 0.600. The van der Waals surface area contributed by atoms with Crippen LogP contribution in [0.25, 0.3) is 0 Å². The molecule has 2 atom stereocenters. The van der Waals surface area contributed by atoms with Crippen LogP contribution in [0, 0.1) is 11.7 Å². The first-order valence-electron chi connectivity index (χ1n) is 9.60. The van der Waals surface area contributed by atoms with Crippen molar-refractivity contribution in [3.63, 3.8) is 0 Å². The molecule has 3 fully saturated rings. The molecular weight excluding hydrogens is 331 g/mol. The van der Waals surface area contributed by atoms with Crippen LogP contribution in [0.4, 0.5) is 4.39 Å². The Morgan fingerprint density at radius 3 is 2.65 bits per heavy atom. The highest BCUT2D eigenvalue weighted by atomic mass is 19.1. The molecule has 6 heteroatoms. The van der Waals surface area contributed by atoms with E-state index in [1.807, 2.05) is 12.1 Å². The number of hydrogen-bond acceptors (Lipinski definition) is 5. The summed E-state index contributed by atoms with van der Waals surface area (Å²) in [7, 11) is 0. The van der Waals surface area contributed by atoms with Gasteiger partial charge in [0, 0.05) is 38.1 Å². The molecule has 3 aliphatic heterocycles. The summed E-state index contributed by atoms with van der Waals surface area (Å²) in [6.07, 6.45) is 2.50. The monoisotopic (exact) mass is 358 g/mol. The van der Waals surface area contributed by atoms with Crippen LogP contribution in [0.3, 0.4) is 0 Å². The van der Waals surface area contributed by atoms with Crippen molar-refractivity contribution >= 4 is 0 Å². The van der Waals surface area contributed by atoms with E-state index in [4.69, 9.17) is 4.52 Å². The van der Waals surface area contributed by atoms with Crippen LogP contribution in [-0.2, 0) is 13.1 Å². The molecule has 1 aromatic heterocycles. The number of hydrogen-bond donors (Lipinski definition) is 0. The van der Waals surface area contributed by atoms with Gasteiger partial charge in [0.05, 0.1) is 6.54 Å². The Kier molecular flexibility index (Phi) is 5.05. The number of benzene rings is 1. The van der Waals surface area contributed by atoms with Gasteiger partial charge in [-0.05, 0) is 36.5 Å². The lowest BCUT2D eigenvalue weighted by Crippen LogP contribution is -2.43. The first kappa shape index (κ1) is 17.6. The Bertz CT molecular complexity index is 730. The van der Waals surface area contributed by atoms with Gasteiger partial charge in [-0.1, -0.05) is 31.1 Å². The van der Waals surface area contributed by atoms with Gasteiger partial charge in [-0.15, -0.1) is 0 Å². The average molecular weight is 358 g/mol. The fourth-order valence-electron chi connectivity index (χ4n) is 4.19. The largest absolute Gasteiger partial charge is 0.338 e. The van der Waals surface area contributed by atoms with Crippen LogP contribution in [0.1, 0.15) is 49.9 Å². The quantitative estimate of drug-likeness (QED) is 0.819. The predicted octanol–water partition coefficient (Wildman–Crippen LogP) is 3.43. The highest BCUT2D eigenvalue weighted by Crippen LogP contribution is 2.30. The second-order valence-corrected chi connectivity index (χ2v) is 8.05. The van der Waals surface area contributed by atoms with Crippen molar-refractivity contribution in [3.05, 3.63) is 47.4 Å². The minimum atomic E-state index is -0.170. The van der Waals surface area contributed by atoms with Gasteiger partial charge in [0.2, 0.25) is 5.89 Å². The summed E-state index contributed by atoms with van der Waals surface area (Å²) in [6.45, 7) is 9.02. The molecule has 4 heterocycles. The van der Waals surface area contributed by atoms with Crippen LogP contribution >= 0.6 is 0 Å². The number of aromatic nitrogens is 2. The molecule has 1 aromatic carbocycles. The van der Waals surface area contributed by atoms with E-state index in [-0.39, 0.29) is 5.82 Å². The van der Waals surface area contributed by atoms with Gasteiger partial charge in [0.15, 0.2) is 5.82 Å².